The van der Waals surface area contributed by atoms with Gasteiger partial charge in [0.2, 0.25) is 10.0 Å². The molecule has 134 valence electrons. The van der Waals surface area contributed by atoms with Gasteiger partial charge in [-0.1, -0.05) is 73.7 Å². The van der Waals surface area contributed by atoms with E-state index in [1.165, 1.54) is 10.9 Å². The van der Waals surface area contributed by atoms with Crippen LogP contribution < -0.4 is 4.72 Å². The van der Waals surface area contributed by atoms with Crippen LogP contribution >= 0.6 is 0 Å². The number of hydrogen-bond donors (Lipinski definition) is 1. The first-order chi connectivity index (χ1) is 12.5. The number of hydrogen-bond acceptors (Lipinski definition) is 2. The van der Waals surface area contributed by atoms with Crippen LogP contribution in [-0.2, 0) is 16.4 Å². The maximum Gasteiger partial charge on any atom is 0.212 e. The van der Waals surface area contributed by atoms with Crippen LogP contribution in [0.3, 0.4) is 0 Å². The Hall–Kier alpha value is -2.17. The summed E-state index contributed by atoms with van der Waals surface area (Å²) in [5.41, 5.74) is 3.43. The van der Waals surface area contributed by atoms with E-state index in [-0.39, 0.29) is 17.7 Å². The van der Waals surface area contributed by atoms with Crippen LogP contribution in [0.15, 0.2) is 66.7 Å². The smallest absolute Gasteiger partial charge is 0.212 e. The molecular formula is C22H23NO2S. The van der Waals surface area contributed by atoms with E-state index in [1.807, 2.05) is 43.3 Å². The van der Waals surface area contributed by atoms with Crippen LogP contribution in [0, 0.1) is 0 Å². The molecule has 0 spiro atoms. The van der Waals surface area contributed by atoms with E-state index in [1.54, 1.807) is 0 Å². The summed E-state index contributed by atoms with van der Waals surface area (Å²) in [6.45, 7) is 1.98. The molecule has 1 aliphatic rings. The standard InChI is InChI=1S/C22H23NO2S/c1-16(19-11-10-17-6-2-3-8-20(17)14-19)15-26(24,25)23-22-13-12-18-7-4-5-9-21(18)22/h2-11,14,16,22-23H,12-13,15H2,1H3. The fourth-order valence-electron chi connectivity index (χ4n) is 3.88. The Morgan fingerprint density at radius 2 is 1.73 bits per heavy atom. The zero-order valence-electron chi connectivity index (χ0n) is 14.9. The minimum Gasteiger partial charge on any atom is -0.212 e. The van der Waals surface area contributed by atoms with Crippen molar-refractivity contribution < 1.29 is 8.42 Å². The average molecular weight is 365 g/mol. The zero-order chi connectivity index (χ0) is 18.1. The van der Waals surface area contributed by atoms with E-state index in [2.05, 4.69) is 35.1 Å². The molecule has 4 rings (SSSR count). The molecule has 0 heterocycles. The number of nitrogens with one attached hydrogen (secondary N) is 1. The number of benzene rings is 3. The number of fused-ring (bicyclic) bond motifs is 2. The van der Waals surface area contributed by atoms with E-state index in [0.717, 1.165) is 29.4 Å². The van der Waals surface area contributed by atoms with Crippen LogP contribution in [0.2, 0.25) is 0 Å². The lowest BCUT2D eigenvalue weighted by atomic mass is 9.99. The summed E-state index contributed by atoms with van der Waals surface area (Å²) in [6, 6.07) is 22.4. The van der Waals surface area contributed by atoms with Crippen LogP contribution in [0.4, 0.5) is 0 Å². The van der Waals surface area contributed by atoms with E-state index < -0.39 is 10.0 Å². The Balaban J connectivity index is 1.50. The Labute approximate surface area is 155 Å². The fourth-order valence-corrected chi connectivity index (χ4v) is 5.51. The molecule has 0 saturated heterocycles. The van der Waals surface area contributed by atoms with Gasteiger partial charge in [0.15, 0.2) is 0 Å². The van der Waals surface area contributed by atoms with E-state index in [0.29, 0.717) is 0 Å². The summed E-state index contributed by atoms with van der Waals surface area (Å²) in [5.74, 6) is 0.0399. The molecule has 3 nitrogen and oxygen atoms in total. The van der Waals surface area contributed by atoms with Crippen molar-refractivity contribution in [1.29, 1.82) is 0 Å². The zero-order valence-corrected chi connectivity index (χ0v) is 15.7. The lowest BCUT2D eigenvalue weighted by molar-refractivity contribution is 0.550. The summed E-state index contributed by atoms with van der Waals surface area (Å²) < 4.78 is 28.4. The van der Waals surface area contributed by atoms with E-state index in [4.69, 9.17) is 0 Å². The first-order valence-electron chi connectivity index (χ1n) is 9.08. The van der Waals surface area contributed by atoms with Gasteiger partial charge in [-0.05, 0) is 46.2 Å². The maximum atomic E-state index is 12.7. The largest absolute Gasteiger partial charge is 0.212 e. The summed E-state index contributed by atoms with van der Waals surface area (Å²) >= 11 is 0. The van der Waals surface area contributed by atoms with Gasteiger partial charge in [-0.2, -0.15) is 0 Å². The molecule has 2 atom stereocenters. The second-order valence-corrected chi connectivity index (χ2v) is 9.00. The molecule has 0 bridgehead atoms. The van der Waals surface area contributed by atoms with Crippen LogP contribution in [-0.4, -0.2) is 14.2 Å². The van der Waals surface area contributed by atoms with Crippen molar-refractivity contribution in [2.75, 3.05) is 5.75 Å². The Morgan fingerprint density at radius 1 is 1.00 bits per heavy atom. The molecule has 0 fully saturated rings. The molecule has 0 saturated carbocycles. The minimum atomic E-state index is -3.36. The predicted molar refractivity (Wildman–Crippen MR) is 107 cm³/mol. The van der Waals surface area contributed by atoms with Gasteiger partial charge in [0.1, 0.15) is 0 Å². The van der Waals surface area contributed by atoms with Gasteiger partial charge >= 0.3 is 0 Å². The van der Waals surface area contributed by atoms with Gasteiger partial charge in [0.25, 0.3) is 0 Å². The minimum absolute atomic E-state index is 0.0613. The highest BCUT2D eigenvalue weighted by Gasteiger charge is 2.27. The second-order valence-electron chi connectivity index (χ2n) is 7.20. The van der Waals surface area contributed by atoms with Crippen LogP contribution in [0.1, 0.15) is 42.0 Å². The monoisotopic (exact) mass is 365 g/mol. The van der Waals surface area contributed by atoms with Gasteiger partial charge in [-0.3, -0.25) is 0 Å². The molecule has 0 aromatic heterocycles. The maximum absolute atomic E-state index is 12.7. The summed E-state index contributed by atoms with van der Waals surface area (Å²) in [5, 5.41) is 2.32. The Kier molecular flexibility index (Phi) is 4.55. The van der Waals surface area contributed by atoms with Crippen molar-refractivity contribution in [2.24, 2.45) is 0 Å². The van der Waals surface area contributed by atoms with E-state index >= 15 is 0 Å². The average Bonchev–Trinajstić information content (AvgIpc) is 3.03. The second kappa shape index (κ2) is 6.86. The van der Waals surface area contributed by atoms with Crippen molar-refractivity contribution in [3.8, 4) is 0 Å². The first kappa shape index (κ1) is 17.3. The summed E-state index contributed by atoms with van der Waals surface area (Å²) in [4.78, 5) is 0. The highest BCUT2D eigenvalue weighted by Crippen LogP contribution is 2.32. The molecule has 3 aromatic rings. The van der Waals surface area contributed by atoms with E-state index in [9.17, 15) is 8.42 Å². The van der Waals surface area contributed by atoms with Gasteiger partial charge in [0, 0.05) is 6.04 Å². The number of rotatable bonds is 5. The number of aryl methyl sites for hydroxylation is 1. The molecule has 0 radical (unpaired) electrons. The summed E-state index contributed by atoms with van der Waals surface area (Å²) in [7, 11) is -3.36. The lowest BCUT2D eigenvalue weighted by Gasteiger charge is -2.18. The van der Waals surface area contributed by atoms with Crippen molar-refractivity contribution >= 4 is 20.8 Å². The highest BCUT2D eigenvalue weighted by molar-refractivity contribution is 7.89. The predicted octanol–water partition coefficient (Wildman–Crippen LogP) is 4.55. The third-order valence-electron chi connectivity index (χ3n) is 5.27. The number of sulfonamides is 1. The third-order valence-corrected chi connectivity index (χ3v) is 6.85. The fraction of sp³-hybridized carbons (Fsp3) is 0.273. The van der Waals surface area contributed by atoms with Crippen molar-refractivity contribution in [3.05, 3.63) is 83.4 Å². The van der Waals surface area contributed by atoms with Crippen LogP contribution in [0.25, 0.3) is 10.8 Å². The van der Waals surface area contributed by atoms with Crippen molar-refractivity contribution in [2.45, 2.75) is 31.7 Å². The van der Waals surface area contributed by atoms with Crippen molar-refractivity contribution in [3.63, 3.8) is 0 Å². The first-order valence-corrected chi connectivity index (χ1v) is 10.7. The lowest BCUT2D eigenvalue weighted by Crippen LogP contribution is -2.31. The molecule has 0 amide bonds. The van der Waals surface area contributed by atoms with Gasteiger partial charge < -0.3 is 0 Å². The molecule has 3 aromatic carbocycles. The van der Waals surface area contributed by atoms with Crippen molar-refractivity contribution in [1.82, 2.24) is 4.72 Å². The van der Waals surface area contributed by atoms with Gasteiger partial charge in [-0.15, -0.1) is 0 Å². The SMILES string of the molecule is CC(CS(=O)(=O)NC1CCc2ccccc21)c1ccc2ccccc2c1. The molecule has 1 aliphatic carbocycles. The van der Waals surface area contributed by atoms with Gasteiger partial charge in [0.05, 0.1) is 5.75 Å². The molecule has 26 heavy (non-hydrogen) atoms. The van der Waals surface area contributed by atoms with Crippen LogP contribution in [0.5, 0.6) is 0 Å². The molecule has 1 N–H and O–H groups in total. The Morgan fingerprint density at radius 3 is 2.58 bits per heavy atom. The topological polar surface area (TPSA) is 46.2 Å². The molecule has 0 aliphatic heterocycles. The molecular weight excluding hydrogens is 342 g/mol. The highest BCUT2D eigenvalue weighted by atomic mass is 32.2. The molecule has 4 heteroatoms. The molecule has 2 unspecified atom stereocenters. The summed E-state index contributed by atoms with van der Waals surface area (Å²) in [6.07, 6.45) is 1.77. The Bertz CT molecular complexity index is 1040. The third kappa shape index (κ3) is 3.53. The normalized spacial score (nSPS) is 18.0. The quantitative estimate of drug-likeness (QED) is 0.721. The van der Waals surface area contributed by atoms with Gasteiger partial charge in [-0.25, -0.2) is 13.1 Å².